The van der Waals surface area contributed by atoms with E-state index in [2.05, 4.69) is 15.4 Å². The molecule has 8 heteroatoms. The van der Waals surface area contributed by atoms with E-state index in [1.807, 2.05) is 12.1 Å². The highest BCUT2D eigenvalue weighted by molar-refractivity contribution is 5.95. The van der Waals surface area contributed by atoms with Crippen LogP contribution in [0, 0.1) is 5.92 Å². The SMILES string of the molecule is O=C(Nc1ccc(Cn2cncn2)cc1)C1CC1c1ccccc1C(F)(F)F. The molecule has 3 aromatic rings. The maximum atomic E-state index is 13.2. The molecule has 144 valence electrons. The normalized spacial score (nSPS) is 18.7. The Morgan fingerprint density at radius 1 is 1.14 bits per heavy atom. The first-order valence-electron chi connectivity index (χ1n) is 8.80. The fourth-order valence-corrected chi connectivity index (χ4v) is 3.34. The number of amides is 1. The fourth-order valence-electron chi connectivity index (χ4n) is 3.34. The maximum absolute atomic E-state index is 13.2. The Labute approximate surface area is 159 Å². The maximum Gasteiger partial charge on any atom is 0.416 e. The van der Waals surface area contributed by atoms with Gasteiger partial charge in [0.15, 0.2) is 0 Å². The van der Waals surface area contributed by atoms with Gasteiger partial charge in [-0.15, -0.1) is 0 Å². The van der Waals surface area contributed by atoms with Crippen LogP contribution in [0.1, 0.15) is 29.0 Å². The summed E-state index contributed by atoms with van der Waals surface area (Å²) in [5.41, 5.74) is 1.14. The lowest BCUT2D eigenvalue weighted by Gasteiger charge is -2.12. The lowest BCUT2D eigenvalue weighted by Crippen LogP contribution is -2.15. The van der Waals surface area contributed by atoms with Crippen LogP contribution in [-0.4, -0.2) is 20.7 Å². The number of hydrogen-bond donors (Lipinski definition) is 1. The zero-order chi connectivity index (χ0) is 19.7. The molecule has 0 bridgehead atoms. The molecule has 1 heterocycles. The number of hydrogen-bond acceptors (Lipinski definition) is 3. The minimum Gasteiger partial charge on any atom is -0.326 e. The van der Waals surface area contributed by atoms with Gasteiger partial charge in [0.1, 0.15) is 12.7 Å². The predicted octanol–water partition coefficient (Wildman–Crippen LogP) is 4.09. The number of rotatable bonds is 5. The summed E-state index contributed by atoms with van der Waals surface area (Å²) in [5.74, 6) is -1.10. The van der Waals surface area contributed by atoms with Crippen molar-refractivity contribution in [2.24, 2.45) is 5.92 Å². The second kappa shape index (κ2) is 7.10. The Hall–Kier alpha value is -3.16. The van der Waals surface area contributed by atoms with Crippen molar-refractivity contribution in [2.75, 3.05) is 5.32 Å². The van der Waals surface area contributed by atoms with Crippen LogP contribution in [0.3, 0.4) is 0 Å². The first kappa shape index (κ1) is 18.2. The number of nitrogens with one attached hydrogen (secondary N) is 1. The van der Waals surface area contributed by atoms with Crippen molar-refractivity contribution < 1.29 is 18.0 Å². The molecule has 1 amide bonds. The monoisotopic (exact) mass is 386 g/mol. The summed E-state index contributed by atoms with van der Waals surface area (Å²) in [6, 6.07) is 12.7. The van der Waals surface area contributed by atoms with Crippen LogP contribution in [0.2, 0.25) is 0 Å². The van der Waals surface area contributed by atoms with E-state index in [0.717, 1.165) is 11.6 Å². The van der Waals surface area contributed by atoms with Crippen molar-refractivity contribution in [1.82, 2.24) is 14.8 Å². The molecular weight excluding hydrogens is 369 g/mol. The number of carbonyl (C=O) groups is 1. The van der Waals surface area contributed by atoms with Crippen LogP contribution in [0.25, 0.3) is 0 Å². The standard InChI is InChI=1S/C20H17F3N4O/c21-20(22,23)18-4-2-1-3-15(18)16-9-17(16)19(28)26-14-7-5-13(6-8-14)10-27-12-24-11-25-27/h1-8,11-12,16-17H,9-10H2,(H,26,28). The summed E-state index contributed by atoms with van der Waals surface area (Å²) >= 11 is 0. The third kappa shape index (κ3) is 3.90. The summed E-state index contributed by atoms with van der Waals surface area (Å²) in [4.78, 5) is 16.3. The van der Waals surface area contributed by atoms with Crippen molar-refractivity contribution in [2.45, 2.75) is 25.1 Å². The molecule has 5 nitrogen and oxygen atoms in total. The van der Waals surface area contributed by atoms with E-state index in [-0.39, 0.29) is 11.5 Å². The van der Waals surface area contributed by atoms with Crippen LogP contribution in [0.4, 0.5) is 18.9 Å². The number of halogens is 3. The minimum absolute atomic E-state index is 0.193. The molecule has 2 unspecified atom stereocenters. The zero-order valence-electron chi connectivity index (χ0n) is 14.7. The summed E-state index contributed by atoms with van der Waals surface area (Å²) in [7, 11) is 0. The van der Waals surface area contributed by atoms with Gasteiger partial charge in [0.25, 0.3) is 0 Å². The van der Waals surface area contributed by atoms with Gasteiger partial charge in [0.05, 0.1) is 12.1 Å². The quantitative estimate of drug-likeness (QED) is 0.719. The lowest BCUT2D eigenvalue weighted by molar-refractivity contribution is -0.138. The molecule has 0 saturated heterocycles. The molecule has 4 rings (SSSR count). The van der Waals surface area contributed by atoms with Crippen molar-refractivity contribution in [3.05, 3.63) is 77.9 Å². The van der Waals surface area contributed by atoms with Gasteiger partial charge in [0, 0.05) is 11.6 Å². The van der Waals surface area contributed by atoms with Crippen LogP contribution in [-0.2, 0) is 17.5 Å². The number of nitrogens with zero attached hydrogens (tertiary/aromatic N) is 3. The van der Waals surface area contributed by atoms with E-state index in [4.69, 9.17) is 0 Å². The topological polar surface area (TPSA) is 59.8 Å². The van der Waals surface area contributed by atoms with E-state index in [9.17, 15) is 18.0 Å². The Morgan fingerprint density at radius 2 is 1.89 bits per heavy atom. The van der Waals surface area contributed by atoms with Crippen molar-refractivity contribution in [3.63, 3.8) is 0 Å². The molecule has 1 N–H and O–H groups in total. The fraction of sp³-hybridized carbons (Fsp3) is 0.250. The summed E-state index contributed by atoms with van der Waals surface area (Å²) in [6.07, 6.45) is -0.928. The van der Waals surface area contributed by atoms with Crippen molar-refractivity contribution in [1.29, 1.82) is 0 Å². The Morgan fingerprint density at radius 3 is 2.57 bits per heavy atom. The zero-order valence-corrected chi connectivity index (χ0v) is 14.7. The Balaban J connectivity index is 1.39. The molecule has 1 fully saturated rings. The molecule has 1 saturated carbocycles. The molecule has 0 spiro atoms. The highest BCUT2D eigenvalue weighted by Crippen LogP contribution is 2.51. The van der Waals surface area contributed by atoms with Crippen LogP contribution in [0.15, 0.2) is 61.2 Å². The molecule has 1 aromatic heterocycles. The molecule has 1 aliphatic rings. The molecule has 28 heavy (non-hydrogen) atoms. The average molecular weight is 386 g/mol. The first-order chi connectivity index (χ1) is 13.4. The van der Waals surface area contributed by atoms with Gasteiger partial charge >= 0.3 is 6.18 Å². The molecule has 1 aliphatic carbocycles. The Kier molecular flexibility index (Phi) is 4.62. The molecule has 2 aromatic carbocycles. The molecule has 2 atom stereocenters. The van der Waals surface area contributed by atoms with E-state index >= 15 is 0 Å². The molecule has 0 radical (unpaired) electrons. The van der Waals surface area contributed by atoms with Crippen molar-refractivity contribution in [3.8, 4) is 0 Å². The lowest BCUT2D eigenvalue weighted by atomic mass is 10.0. The van der Waals surface area contributed by atoms with Crippen LogP contribution < -0.4 is 5.32 Å². The summed E-state index contributed by atoms with van der Waals surface area (Å²) < 4.78 is 41.2. The second-order valence-electron chi connectivity index (χ2n) is 6.81. The average Bonchev–Trinajstić information content (AvgIpc) is 3.32. The van der Waals surface area contributed by atoms with Gasteiger partial charge in [-0.25, -0.2) is 9.67 Å². The van der Waals surface area contributed by atoms with Gasteiger partial charge in [-0.2, -0.15) is 18.3 Å². The van der Waals surface area contributed by atoms with Crippen LogP contribution >= 0.6 is 0 Å². The van der Waals surface area contributed by atoms with Crippen LogP contribution in [0.5, 0.6) is 0 Å². The summed E-state index contributed by atoms with van der Waals surface area (Å²) in [6.45, 7) is 0.563. The third-order valence-electron chi connectivity index (χ3n) is 4.83. The highest BCUT2D eigenvalue weighted by atomic mass is 19.4. The number of anilines is 1. The molecule has 0 aliphatic heterocycles. The first-order valence-corrected chi connectivity index (χ1v) is 8.80. The number of alkyl halides is 3. The van der Waals surface area contributed by atoms with Gasteiger partial charge in [0.2, 0.25) is 5.91 Å². The smallest absolute Gasteiger partial charge is 0.326 e. The number of carbonyl (C=O) groups excluding carboxylic acids is 1. The minimum atomic E-state index is -4.42. The molecular formula is C20H17F3N4O. The predicted molar refractivity (Wildman–Crippen MR) is 96.5 cm³/mol. The number of benzene rings is 2. The van der Waals surface area contributed by atoms with E-state index in [1.165, 1.54) is 18.5 Å². The van der Waals surface area contributed by atoms with Crippen molar-refractivity contribution >= 4 is 11.6 Å². The third-order valence-corrected chi connectivity index (χ3v) is 4.83. The van der Waals surface area contributed by atoms with Gasteiger partial charge in [-0.1, -0.05) is 30.3 Å². The van der Waals surface area contributed by atoms with E-state index < -0.39 is 23.6 Å². The van der Waals surface area contributed by atoms with E-state index in [0.29, 0.717) is 18.7 Å². The second-order valence-corrected chi connectivity index (χ2v) is 6.81. The van der Waals surface area contributed by atoms with Gasteiger partial charge in [-0.3, -0.25) is 4.79 Å². The van der Waals surface area contributed by atoms with Gasteiger partial charge in [-0.05, 0) is 41.7 Å². The highest BCUT2D eigenvalue weighted by Gasteiger charge is 2.47. The Bertz CT molecular complexity index is 968. The van der Waals surface area contributed by atoms with E-state index in [1.54, 1.807) is 29.2 Å². The number of aromatic nitrogens is 3. The largest absolute Gasteiger partial charge is 0.416 e. The summed E-state index contributed by atoms with van der Waals surface area (Å²) in [5, 5.41) is 6.82. The van der Waals surface area contributed by atoms with Gasteiger partial charge < -0.3 is 5.32 Å².